The minimum Gasteiger partial charge on any atom is -0.371 e. The molecule has 2 rings (SSSR count). The fraction of sp³-hybridized carbons (Fsp3) is 0.462. The fourth-order valence-corrected chi connectivity index (χ4v) is 2.34. The first-order valence-electron chi connectivity index (χ1n) is 6.01. The lowest BCUT2D eigenvalue weighted by Crippen LogP contribution is -2.19. The SMILES string of the molecule is CC1CN(c2ccc([N+](=O)[O-])c(C=O)c2)CC1C. The van der Waals surface area contributed by atoms with Gasteiger partial charge in [0, 0.05) is 24.8 Å². The third-order valence-electron chi connectivity index (χ3n) is 3.69. The number of nitro groups is 1. The van der Waals surface area contributed by atoms with Crippen molar-refractivity contribution in [3.63, 3.8) is 0 Å². The second-order valence-electron chi connectivity index (χ2n) is 4.98. The maximum atomic E-state index is 10.9. The molecular formula is C13H16N2O3. The summed E-state index contributed by atoms with van der Waals surface area (Å²) in [5.74, 6) is 1.19. The van der Waals surface area contributed by atoms with Crippen LogP contribution in [0.4, 0.5) is 11.4 Å². The molecule has 1 aliphatic rings. The Labute approximate surface area is 106 Å². The van der Waals surface area contributed by atoms with Gasteiger partial charge in [-0.1, -0.05) is 13.8 Å². The number of nitro benzene ring substituents is 1. The van der Waals surface area contributed by atoms with Crippen molar-refractivity contribution >= 4 is 17.7 Å². The summed E-state index contributed by atoms with van der Waals surface area (Å²) in [5, 5.41) is 10.8. The van der Waals surface area contributed by atoms with E-state index in [-0.39, 0.29) is 11.3 Å². The van der Waals surface area contributed by atoms with E-state index >= 15 is 0 Å². The summed E-state index contributed by atoms with van der Waals surface area (Å²) >= 11 is 0. The van der Waals surface area contributed by atoms with E-state index in [1.807, 2.05) is 0 Å². The molecule has 0 amide bonds. The van der Waals surface area contributed by atoms with Crippen LogP contribution in [0.15, 0.2) is 18.2 Å². The molecule has 1 saturated heterocycles. The van der Waals surface area contributed by atoms with Crippen molar-refractivity contribution in [3.05, 3.63) is 33.9 Å². The quantitative estimate of drug-likeness (QED) is 0.468. The first-order chi connectivity index (χ1) is 8.52. The van der Waals surface area contributed by atoms with E-state index in [4.69, 9.17) is 0 Å². The second kappa shape index (κ2) is 4.76. The van der Waals surface area contributed by atoms with Crippen LogP contribution in [0.25, 0.3) is 0 Å². The van der Waals surface area contributed by atoms with Crippen LogP contribution >= 0.6 is 0 Å². The standard InChI is InChI=1S/C13H16N2O3/c1-9-6-14(7-10(9)2)12-3-4-13(15(17)18)11(5-12)8-16/h3-5,8-10H,6-7H2,1-2H3. The number of carbonyl (C=O) groups excluding carboxylic acids is 1. The number of aldehydes is 1. The molecule has 96 valence electrons. The van der Waals surface area contributed by atoms with E-state index < -0.39 is 4.92 Å². The molecule has 5 nitrogen and oxygen atoms in total. The van der Waals surface area contributed by atoms with Crippen molar-refractivity contribution in [3.8, 4) is 0 Å². The lowest BCUT2D eigenvalue weighted by atomic mass is 10.0. The highest BCUT2D eigenvalue weighted by Crippen LogP contribution is 2.30. The van der Waals surface area contributed by atoms with Gasteiger partial charge in [0.15, 0.2) is 6.29 Å². The monoisotopic (exact) mass is 248 g/mol. The number of hydrogen-bond donors (Lipinski definition) is 0. The largest absolute Gasteiger partial charge is 0.371 e. The molecule has 0 radical (unpaired) electrons. The van der Waals surface area contributed by atoms with Gasteiger partial charge in [-0.3, -0.25) is 14.9 Å². The number of anilines is 1. The van der Waals surface area contributed by atoms with Gasteiger partial charge in [-0.25, -0.2) is 0 Å². The minimum absolute atomic E-state index is 0.131. The van der Waals surface area contributed by atoms with Crippen molar-refractivity contribution in [1.29, 1.82) is 0 Å². The van der Waals surface area contributed by atoms with Gasteiger partial charge < -0.3 is 4.90 Å². The van der Waals surface area contributed by atoms with Crippen molar-refractivity contribution in [2.75, 3.05) is 18.0 Å². The highest BCUT2D eigenvalue weighted by Gasteiger charge is 2.27. The van der Waals surface area contributed by atoms with Crippen molar-refractivity contribution in [2.45, 2.75) is 13.8 Å². The van der Waals surface area contributed by atoms with Crippen LogP contribution in [0.3, 0.4) is 0 Å². The topological polar surface area (TPSA) is 63.4 Å². The van der Waals surface area contributed by atoms with Crippen LogP contribution in [0.1, 0.15) is 24.2 Å². The second-order valence-corrected chi connectivity index (χ2v) is 4.98. The van der Waals surface area contributed by atoms with Gasteiger partial charge in [0.25, 0.3) is 5.69 Å². The number of rotatable bonds is 3. The number of nitrogens with zero attached hydrogens (tertiary/aromatic N) is 2. The zero-order valence-corrected chi connectivity index (χ0v) is 10.5. The lowest BCUT2D eigenvalue weighted by Gasteiger charge is -2.18. The lowest BCUT2D eigenvalue weighted by molar-refractivity contribution is -0.385. The van der Waals surface area contributed by atoms with E-state index in [0.717, 1.165) is 18.8 Å². The molecule has 0 spiro atoms. The van der Waals surface area contributed by atoms with Crippen molar-refractivity contribution < 1.29 is 9.72 Å². The molecule has 5 heteroatoms. The minimum atomic E-state index is -0.525. The van der Waals surface area contributed by atoms with Crippen LogP contribution in [-0.4, -0.2) is 24.3 Å². The Morgan fingerprint density at radius 2 is 1.94 bits per heavy atom. The summed E-state index contributed by atoms with van der Waals surface area (Å²) < 4.78 is 0. The molecule has 18 heavy (non-hydrogen) atoms. The highest BCUT2D eigenvalue weighted by atomic mass is 16.6. The van der Waals surface area contributed by atoms with Gasteiger partial charge in [-0.2, -0.15) is 0 Å². The van der Waals surface area contributed by atoms with E-state index in [9.17, 15) is 14.9 Å². The Bertz CT molecular complexity index is 477. The first-order valence-corrected chi connectivity index (χ1v) is 6.01. The Hall–Kier alpha value is -1.91. The fourth-order valence-electron chi connectivity index (χ4n) is 2.34. The molecule has 2 atom stereocenters. The Morgan fingerprint density at radius 3 is 2.44 bits per heavy atom. The Morgan fingerprint density at radius 1 is 1.33 bits per heavy atom. The van der Waals surface area contributed by atoms with Gasteiger partial charge in [0.05, 0.1) is 10.5 Å². The highest BCUT2D eigenvalue weighted by molar-refractivity contribution is 5.83. The molecule has 1 aromatic carbocycles. The third-order valence-corrected chi connectivity index (χ3v) is 3.69. The number of benzene rings is 1. The third kappa shape index (κ3) is 2.20. The Kier molecular flexibility index (Phi) is 3.32. The average Bonchev–Trinajstić information content (AvgIpc) is 2.68. The number of carbonyl (C=O) groups is 1. The van der Waals surface area contributed by atoms with Gasteiger partial charge in [0.2, 0.25) is 0 Å². The van der Waals surface area contributed by atoms with Gasteiger partial charge in [0.1, 0.15) is 0 Å². The summed E-state index contributed by atoms with van der Waals surface area (Å²) in [7, 11) is 0. The zero-order chi connectivity index (χ0) is 13.3. The van der Waals surface area contributed by atoms with Crippen molar-refractivity contribution in [2.24, 2.45) is 11.8 Å². The van der Waals surface area contributed by atoms with Gasteiger partial charge in [-0.15, -0.1) is 0 Å². The maximum absolute atomic E-state index is 10.9. The molecular weight excluding hydrogens is 232 g/mol. The predicted octanol–water partition coefficient (Wildman–Crippen LogP) is 2.50. The summed E-state index contributed by atoms with van der Waals surface area (Å²) in [5.41, 5.74) is 0.901. The molecule has 1 aliphatic heterocycles. The molecule has 0 aromatic heterocycles. The average molecular weight is 248 g/mol. The summed E-state index contributed by atoms with van der Waals surface area (Å²) in [6, 6.07) is 4.73. The zero-order valence-electron chi connectivity index (χ0n) is 10.5. The van der Waals surface area contributed by atoms with Crippen LogP contribution in [0.5, 0.6) is 0 Å². The van der Waals surface area contributed by atoms with Crippen molar-refractivity contribution in [1.82, 2.24) is 0 Å². The maximum Gasteiger partial charge on any atom is 0.280 e. The summed E-state index contributed by atoms with van der Waals surface area (Å²) in [4.78, 5) is 23.3. The molecule has 0 aliphatic carbocycles. The molecule has 1 aromatic rings. The van der Waals surface area contributed by atoms with E-state index in [2.05, 4.69) is 18.7 Å². The van der Waals surface area contributed by atoms with Crippen LogP contribution in [0, 0.1) is 22.0 Å². The molecule has 0 bridgehead atoms. The van der Waals surface area contributed by atoms with E-state index in [1.54, 1.807) is 12.1 Å². The molecule has 0 N–H and O–H groups in total. The molecule has 2 unspecified atom stereocenters. The predicted molar refractivity (Wildman–Crippen MR) is 69.0 cm³/mol. The molecule has 1 fully saturated rings. The molecule has 1 heterocycles. The summed E-state index contributed by atoms with van der Waals surface area (Å²) in [6.07, 6.45) is 0.546. The van der Waals surface area contributed by atoms with Crippen LogP contribution in [-0.2, 0) is 0 Å². The van der Waals surface area contributed by atoms with E-state index in [1.165, 1.54) is 6.07 Å². The van der Waals surface area contributed by atoms with Gasteiger partial charge in [-0.05, 0) is 24.0 Å². The normalized spacial score (nSPS) is 23.1. The number of hydrogen-bond acceptors (Lipinski definition) is 4. The van der Waals surface area contributed by atoms with Gasteiger partial charge >= 0.3 is 0 Å². The van der Waals surface area contributed by atoms with Crippen LogP contribution < -0.4 is 4.90 Å². The smallest absolute Gasteiger partial charge is 0.280 e. The van der Waals surface area contributed by atoms with E-state index in [0.29, 0.717) is 18.1 Å². The molecule has 0 saturated carbocycles. The Balaban J connectivity index is 2.31. The first kappa shape index (κ1) is 12.5. The summed E-state index contributed by atoms with van der Waals surface area (Å²) in [6.45, 7) is 6.24. The van der Waals surface area contributed by atoms with Crippen LogP contribution in [0.2, 0.25) is 0 Å².